The quantitative estimate of drug-likeness (QED) is 0.415. The molecule has 0 fully saturated rings. The monoisotopic (exact) mass is 179 g/mol. The fraction of sp³-hybridized carbons (Fsp3) is 0.615. The van der Waals surface area contributed by atoms with Gasteiger partial charge in [0, 0.05) is 0 Å². The number of rotatable bonds is 6. The molecule has 0 nitrogen and oxygen atoms in total. The SMILES string of the molecule is [CH2]C(C)C=CCCCC=C(C)CC. The van der Waals surface area contributed by atoms with E-state index in [1.807, 2.05) is 0 Å². The first-order chi connectivity index (χ1) is 6.16. The highest BCUT2D eigenvalue weighted by Crippen LogP contribution is 2.05. The van der Waals surface area contributed by atoms with Gasteiger partial charge in [-0.2, -0.15) is 0 Å². The van der Waals surface area contributed by atoms with E-state index in [-0.39, 0.29) is 0 Å². The second-order valence-corrected chi connectivity index (χ2v) is 3.74. The van der Waals surface area contributed by atoms with Crippen molar-refractivity contribution in [1.29, 1.82) is 0 Å². The molecule has 1 atom stereocenters. The zero-order valence-corrected chi connectivity index (χ0v) is 9.34. The third-order valence-electron chi connectivity index (χ3n) is 2.09. The predicted molar refractivity (Wildman–Crippen MR) is 61.6 cm³/mol. The second kappa shape index (κ2) is 8.10. The summed E-state index contributed by atoms with van der Waals surface area (Å²) in [4.78, 5) is 0. The van der Waals surface area contributed by atoms with Gasteiger partial charge < -0.3 is 0 Å². The van der Waals surface area contributed by atoms with E-state index in [1.165, 1.54) is 31.3 Å². The molecule has 0 amide bonds. The van der Waals surface area contributed by atoms with E-state index in [2.05, 4.69) is 45.9 Å². The summed E-state index contributed by atoms with van der Waals surface area (Å²) in [6.45, 7) is 10.4. The number of hydrogen-bond donors (Lipinski definition) is 0. The fourth-order valence-electron chi connectivity index (χ4n) is 1.06. The van der Waals surface area contributed by atoms with Crippen LogP contribution in [0.3, 0.4) is 0 Å². The number of hydrogen-bond acceptors (Lipinski definition) is 0. The molecule has 0 aromatic rings. The van der Waals surface area contributed by atoms with E-state index in [0.29, 0.717) is 5.92 Å². The van der Waals surface area contributed by atoms with Crippen molar-refractivity contribution in [2.45, 2.75) is 46.5 Å². The van der Waals surface area contributed by atoms with Crippen molar-refractivity contribution in [3.63, 3.8) is 0 Å². The van der Waals surface area contributed by atoms with E-state index in [9.17, 15) is 0 Å². The Labute approximate surface area is 83.7 Å². The molecule has 0 bridgehead atoms. The highest BCUT2D eigenvalue weighted by Gasteiger charge is 1.86. The zero-order valence-electron chi connectivity index (χ0n) is 9.34. The van der Waals surface area contributed by atoms with E-state index in [4.69, 9.17) is 0 Å². The van der Waals surface area contributed by atoms with Gasteiger partial charge in [0.05, 0.1) is 0 Å². The summed E-state index contributed by atoms with van der Waals surface area (Å²) in [7, 11) is 0. The van der Waals surface area contributed by atoms with Crippen molar-refractivity contribution in [1.82, 2.24) is 0 Å². The van der Waals surface area contributed by atoms with Crippen LogP contribution < -0.4 is 0 Å². The largest absolute Gasteiger partial charge is 0.0883 e. The first-order valence-electron chi connectivity index (χ1n) is 5.32. The molecular weight excluding hydrogens is 156 g/mol. The van der Waals surface area contributed by atoms with Crippen LogP contribution in [-0.4, -0.2) is 0 Å². The Hall–Kier alpha value is -0.520. The molecule has 0 aliphatic carbocycles. The molecule has 0 heteroatoms. The smallest absolute Gasteiger partial charge is 0.0262 e. The van der Waals surface area contributed by atoms with Gasteiger partial charge >= 0.3 is 0 Å². The molecule has 0 rings (SSSR count). The van der Waals surface area contributed by atoms with Gasteiger partial charge in [0.15, 0.2) is 0 Å². The zero-order chi connectivity index (χ0) is 10.1. The minimum absolute atomic E-state index is 0.452. The van der Waals surface area contributed by atoms with Crippen LogP contribution in [0.5, 0.6) is 0 Å². The van der Waals surface area contributed by atoms with Crippen LogP contribution in [0.15, 0.2) is 23.8 Å². The van der Waals surface area contributed by atoms with Crippen LogP contribution in [0, 0.1) is 12.8 Å². The Bertz CT molecular complexity index is 161. The van der Waals surface area contributed by atoms with Crippen molar-refractivity contribution in [2.75, 3.05) is 0 Å². The highest BCUT2D eigenvalue weighted by molar-refractivity contribution is 4.97. The highest BCUT2D eigenvalue weighted by atomic mass is 13.9. The Morgan fingerprint density at radius 3 is 2.62 bits per heavy atom. The fourth-order valence-corrected chi connectivity index (χ4v) is 1.06. The Morgan fingerprint density at radius 1 is 1.38 bits per heavy atom. The second-order valence-electron chi connectivity index (χ2n) is 3.74. The molecule has 0 aliphatic rings. The summed E-state index contributed by atoms with van der Waals surface area (Å²) in [6.07, 6.45) is 11.6. The Kier molecular flexibility index (Phi) is 7.77. The summed E-state index contributed by atoms with van der Waals surface area (Å²) in [5, 5.41) is 0. The van der Waals surface area contributed by atoms with E-state index in [1.54, 1.807) is 0 Å². The summed E-state index contributed by atoms with van der Waals surface area (Å²) in [5.74, 6) is 0.452. The van der Waals surface area contributed by atoms with Gasteiger partial charge in [0.25, 0.3) is 0 Å². The molecule has 13 heavy (non-hydrogen) atoms. The van der Waals surface area contributed by atoms with Crippen molar-refractivity contribution in [3.8, 4) is 0 Å². The lowest BCUT2D eigenvalue weighted by Crippen LogP contribution is -1.78. The topological polar surface area (TPSA) is 0 Å². The van der Waals surface area contributed by atoms with Gasteiger partial charge in [-0.15, -0.1) is 0 Å². The summed E-state index contributed by atoms with van der Waals surface area (Å²) in [6, 6.07) is 0. The molecule has 0 aliphatic heterocycles. The maximum Gasteiger partial charge on any atom is -0.0262 e. The molecule has 1 radical (unpaired) electrons. The Balaban J connectivity index is 3.36. The molecule has 0 saturated carbocycles. The molecule has 0 heterocycles. The molecule has 0 aromatic carbocycles. The lowest BCUT2D eigenvalue weighted by atomic mass is 10.1. The average molecular weight is 179 g/mol. The van der Waals surface area contributed by atoms with E-state index in [0.717, 1.165) is 0 Å². The van der Waals surface area contributed by atoms with Gasteiger partial charge in [-0.05, 0) is 45.4 Å². The minimum Gasteiger partial charge on any atom is -0.0883 e. The summed E-state index contributed by atoms with van der Waals surface area (Å²) < 4.78 is 0. The third-order valence-corrected chi connectivity index (χ3v) is 2.09. The first kappa shape index (κ1) is 12.5. The van der Waals surface area contributed by atoms with Gasteiger partial charge in [-0.1, -0.05) is 37.6 Å². The van der Waals surface area contributed by atoms with Gasteiger partial charge in [0.1, 0.15) is 0 Å². The van der Waals surface area contributed by atoms with Crippen LogP contribution in [0.1, 0.15) is 46.5 Å². The maximum absolute atomic E-state index is 3.90. The third kappa shape index (κ3) is 9.39. The molecule has 1 unspecified atom stereocenters. The van der Waals surface area contributed by atoms with Crippen LogP contribution >= 0.6 is 0 Å². The van der Waals surface area contributed by atoms with E-state index < -0.39 is 0 Å². The molecule has 75 valence electrons. The van der Waals surface area contributed by atoms with Crippen LogP contribution in [0.25, 0.3) is 0 Å². The molecule has 0 N–H and O–H groups in total. The molecular formula is C13H23. The summed E-state index contributed by atoms with van der Waals surface area (Å²) >= 11 is 0. The van der Waals surface area contributed by atoms with Crippen LogP contribution in [-0.2, 0) is 0 Å². The van der Waals surface area contributed by atoms with Crippen molar-refractivity contribution in [3.05, 3.63) is 30.7 Å². The molecule has 0 spiro atoms. The number of unbranched alkanes of at least 4 members (excludes halogenated alkanes) is 2. The van der Waals surface area contributed by atoms with Crippen molar-refractivity contribution in [2.24, 2.45) is 5.92 Å². The maximum atomic E-state index is 3.90. The average Bonchev–Trinajstić information content (AvgIpc) is 2.10. The molecule has 0 aromatic heterocycles. The molecule has 0 saturated heterocycles. The lowest BCUT2D eigenvalue weighted by molar-refractivity contribution is 0.842. The van der Waals surface area contributed by atoms with Crippen molar-refractivity contribution < 1.29 is 0 Å². The van der Waals surface area contributed by atoms with Gasteiger partial charge in [-0.3, -0.25) is 0 Å². The normalized spacial score (nSPS) is 13.2. The standard InChI is InChI=1S/C13H23/c1-5-13(4)11-9-7-6-8-10-12(2)3/h8,10-12H,2,5-7,9H2,1,3-4H3. The van der Waals surface area contributed by atoms with Crippen molar-refractivity contribution >= 4 is 0 Å². The Morgan fingerprint density at radius 2 is 2.08 bits per heavy atom. The lowest BCUT2D eigenvalue weighted by Gasteiger charge is -1.96. The van der Waals surface area contributed by atoms with Crippen LogP contribution in [0.4, 0.5) is 0 Å². The first-order valence-corrected chi connectivity index (χ1v) is 5.32. The van der Waals surface area contributed by atoms with Gasteiger partial charge in [0.2, 0.25) is 0 Å². The van der Waals surface area contributed by atoms with E-state index >= 15 is 0 Å². The number of allylic oxidation sites excluding steroid dienone is 4. The predicted octanol–water partition coefficient (Wildman–Crippen LogP) is 4.54. The van der Waals surface area contributed by atoms with Gasteiger partial charge in [-0.25, -0.2) is 0 Å². The summed E-state index contributed by atoms with van der Waals surface area (Å²) in [5.41, 5.74) is 1.51. The minimum atomic E-state index is 0.452. The van der Waals surface area contributed by atoms with Crippen LogP contribution in [0.2, 0.25) is 0 Å².